The van der Waals surface area contributed by atoms with E-state index in [0.717, 1.165) is 11.3 Å². The second kappa shape index (κ2) is 9.01. The van der Waals surface area contributed by atoms with Crippen molar-refractivity contribution in [2.75, 3.05) is 6.61 Å². The molecule has 4 heteroatoms. The van der Waals surface area contributed by atoms with Crippen molar-refractivity contribution in [2.45, 2.75) is 78.2 Å². The number of rotatable bonds is 7. The Labute approximate surface area is 192 Å². The molecule has 0 spiro atoms. The highest BCUT2D eigenvalue weighted by atomic mass is 16.5. The van der Waals surface area contributed by atoms with Crippen LogP contribution in [0.2, 0.25) is 0 Å². The van der Waals surface area contributed by atoms with Crippen molar-refractivity contribution in [1.29, 1.82) is 0 Å². The lowest BCUT2D eigenvalue weighted by Gasteiger charge is -2.42. The van der Waals surface area contributed by atoms with Crippen molar-refractivity contribution >= 4 is 12.0 Å². The molecule has 1 atom stereocenters. The van der Waals surface area contributed by atoms with Crippen LogP contribution in [0.1, 0.15) is 88.3 Å². The first-order valence-electron chi connectivity index (χ1n) is 11.4. The van der Waals surface area contributed by atoms with E-state index < -0.39 is 5.97 Å². The van der Waals surface area contributed by atoms with E-state index in [2.05, 4.69) is 53.7 Å². The lowest BCUT2D eigenvalue weighted by atomic mass is 9.62. The van der Waals surface area contributed by atoms with Crippen LogP contribution in [0.3, 0.4) is 0 Å². The number of fused-ring (bicyclic) bond motifs is 1. The highest BCUT2D eigenvalue weighted by Crippen LogP contribution is 2.47. The topological polar surface area (TPSA) is 55.8 Å². The van der Waals surface area contributed by atoms with Crippen LogP contribution in [-0.2, 0) is 20.4 Å². The van der Waals surface area contributed by atoms with Crippen LogP contribution in [-0.4, -0.2) is 17.7 Å². The molecular formula is C28H36O4. The molecule has 2 aromatic rings. The molecule has 1 N–H and O–H groups in total. The molecule has 32 heavy (non-hydrogen) atoms. The molecule has 2 aromatic carbocycles. The van der Waals surface area contributed by atoms with Crippen LogP contribution in [0, 0.1) is 6.92 Å². The summed E-state index contributed by atoms with van der Waals surface area (Å²) in [4.78, 5) is 11.3. The van der Waals surface area contributed by atoms with E-state index >= 15 is 0 Å². The molecule has 0 aliphatic heterocycles. The minimum atomic E-state index is -1.07. The molecule has 1 unspecified atom stereocenters. The summed E-state index contributed by atoms with van der Waals surface area (Å²) in [6, 6.07) is 12.1. The van der Waals surface area contributed by atoms with Gasteiger partial charge in [-0.25, -0.2) is 4.79 Å². The second-order valence-corrected chi connectivity index (χ2v) is 10.1. The van der Waals surface area contributed by atoms with Gasteiger partial charge in [-0.15, -0.1) is 0 Å². The lowest BCUT2D eigenvalue weighted by Crippen LogP contribution is -2.34. The summed E-state index contributed by atoms with van der Waals surface area (Å²) in [5, 5.41) is 9.23. The summed E-state index contributed by atoms with van der Waals surface area (Å²) in [7, 11) is 0. The van der Waals surface area contributed by atoms with Gasteiger partial charge in [-0.3, -0.25) is 0 Å². The van der Waals surface area contributed by atoms with Crippen molar-refractivity contribution in [1.82, 2.24) is 0 Å². The molecule has 0 fully saturated rings. The monoisotopic (exact) mass is 436 g/mol. The van der Waals surface area contributed by atoms with Crippen LogP contribution in [0.4, 0.5) is 0 Å². The zero-order valence-electron chi connectivity index (χ0n) is 20.4. The Morgan fingerprint density at radius 1 is 1.06 bits per heavy atom. The number of hydrogen-bond donors (Lipinski definition) is 1. The fraction of sp³-hybridized carbons (Fsp3) is 0.464. The molecule has 0 radical (unpaired) electrons. The van der Waals surface area contributed by atoms with Gasteiger partial charge in [0.2, 0.25) is 5.76 Å². The molecule has 0 aromatic heterocycles. The minimum Gasteiger partial charge on any atom is -0.487 e. The first-order chi connectivity index (χ1) is 14.9. The summed E-state index contributed by atoms with van der Waals surface area (Å²) in [5.74, 6) is -0.390. The fourth-order valence-electron chi connectivity index (χ4n) is 4.56. The highest BCUT2D eigenvalue weighted by Gasteiger charge is 2.37. The molecule has 0 saturated heterocycles. The van der Waals surface area contributed by atoms with Crippen molar-refractivity contribution in [3.8, 4) is 5.75 Å². The summed E-state index contributed by atoms with van der Waals surface area (Å²) >= 11 is 0. The number of hydrogen-bond acceptors (Lipinski definition) is 3. The number of carboxylic acid groups (broad SMARTS) is 1. The number of carbonyl (C=O) groups is 1. The Kier molecular flexibility index (Phi) is 6.73. The molecule has 3 rings (SSSR count). The van der Waals surface area contributed by atoms with Crippen molar-refractivity contribution in [2.24, 2.45) is 0 Å². The maximum Gasteiger partial charge on any atom is 0.371 e. The van der Waals surface area contributed by atoms with E-state index in [4.69, 9.17) is 9.47 Å². The van der Waals surface area contributed by atoms with Gasteiger partial charge in [0.05, 0.1) is 6.61 Å². The van der Waals surface area contributed by atoms with Gasteiger partial charge >= 0.3 is 5.97 Å². The van der Waals surface area contributed by atoms with Crippen LogP contribution in [0.15, 0.2) is 42.2 Å². The molecule has 0 saturated carbocycles. The van der Waals surface area contributed by atoms with Crippen LogP contribution in [0.25, 0.3) is 6.08 Å². The number of ether oxygens (including phenoxy) is 2. The van der Waals surface area contributed by atoms with E-state index in [9.17, 15) is 9.90 Å². The minimum absolute atomic E-state index is 0.0650. The zero-order valence-corrected chi connectivity index (χ0v) is 20.4. The predicted octanol–water partition coefficient (Wildman–Crippen LogP) is 6.95. The smallest absolute Gasteiger partial charge is 0.371 e. The van der Waals surface area contributed by atoms with E-state index in [1.54, 1.807) is 6.92 Å². The van der Waals surface area contributed by atoms with Crippen molar-refractivity contribution in [3.63, 3.8) is 0 Å². The second-order valence-electron chi connectivity index (χ2n) is 10.1. The quantitative estimate of drug-likeness (QED) is 0.377. The molecule has 0 heterocycles. The Balaban J connectivity index is 1.84. The van der Waals surface area contributed by atoms with E-state index in [1.807, 2.05) is 24.3 Å². The van der Waals surface area contributed by atoms with Gasteiger partial charge in [0.25, 0.3) is 0 Å². The Morgan fingerprint density at radius 3 is 2.16 bits per heavy atom. The third-order valence-corrected chi connectivity index (χ3v) is 6.68. The molecule has 172 valence electrons. The Bertz CT molecular complexity index is 1010. The summed E-state index contributed by atoms with van der Waals surface area (Å²) < 4.78 is 11.5. The molecule has 1 aliphatic carbocycles. The molecule has 1 aliphatic rings. The highest BCUT2D eigenvalue weighted by molar-refractivity contribution is 5.89. The maximum absolute atomic E-state index is 11.3. The Morgan fingerprint density at radius 2 is 1.62 bits per heavy atom. The van der Waals surface area contributed by atoms with Crippen molar-refractivity contribution in [3.05, 3.63) is 70.0 Å². The number of aryl methyl sites for hydroxylation is 1. The third-order valence-electron chi connectivity index (χ3n) is 6.68. The largest absolute Gasteiger partial charge is 0.487 e. The normalized spacial score (nSPS) is 17.9. The first-order valence-corrected chi connectivity index (χ1v) is 11.4. The van der Waals surface area contributed by atoms with Crippen LogP contribution < -0.4 is 4.74 Å². The van der Waals surface area contributed by atoms with Gasteiger partial charge in [0, 0.05) is 0 Å². The van der Waals surface area contributed by atoms with Gasteiger partial charge in [0.1, 0.15) is 11.9 Å². The molecule has 0 bridgehead atoms. The van der Waals surface area contributed by atoms with Gasteiger partial charge in [0.15, 0.2) is 0 Å². The van der Waals surface area contributed by atoms with Gasteiger partial charge in [-0.1, -0.05) is 52.0 Å². The lowest BCUT2D eigenvalue weighted by molar-refractivity contribution is -0.136. The molecule has 0 amide bonds. The van der Waals surface area contributed by atoms with Crippen molar-refractivity contribution < 1.29 is 19.4 Å². The predicted molar refractivity (Wildman–Crippen MR) is 129 cm³/mol. The molecule has 4 nitrogen and oxygen atoms in total. The third kappa shape index (κ3) is 5.01. The van der Waals surface area contributed by atoms with Gasteiger partial charge < -0.3 is 14.6 Å². The van der Waals surface area contributed by atoms with Crippen LogP contribution in [0.5, 0.6) is 5.75 Å². The van der Waals surface area contributed by atoms with E-state index in [1.165, 1.54) is 41.2 Å². The Hall–Kier alpha value is -2.75. The standard InChI is InChI=1S/C28H36O4/c1-8-31-25(26(29)30)16-20-9-11-21(12-10-20)32-19(3)22-17-24-23(15-18(22)2)27(4,5)13-14-28(24,6)7/h9-12,15-17,19H,8,13-14H2,1-7H3,(H,29,30)/b25-16-. The summed E-state index contributed by atoms with van der Waals surface area (Å²) in [6.45, 7) is 15.7. The summed E-state index contributed by atoms with van der Waals surface area (Å²) in [5.41, 5.74) is 6.46. The fourth-order valence-corrected chi connectivity index (χ4v) is 4.56. The van der Waals surface area contributed by atoms with Gasteiger partial charge in [-0.05, 0) is 90.5 Å². The van der Waals surface area contributed by atoms with Crippen LogP contribution >= 0.6 is 0 Å². The van der Waals surface area contributed by atoms with Gasteiger partial charge in [-0.2, -0.15) is 0 Å². The van der Waals surface area contributed by atoms with E-state index in [0.29, 0.717) is 6.61 Å². The summed E-state index contributed by atoms with van der Waals surface area (Å²) in [6.07, 6.45) is 3.81. The average molecular weight is 437 g/mol. The molecular weight excluding hydrogens is 400 g/mol. The average Bonchev–Trinajstić information content (AvgIpc) is 2.72. The number of benzene rings is 2. The van der Waals surface area contributed by atoms with E-state index in [-0.39, 0.29) is 22.7 Å². The SMILES string of the molecule is CCO/C(=C\c1ccc(OC(C)c2cc3c(cc2C)C(C)(C)CCC3(C)C)cc1)C(=O)O. The first kappa shape index (κ1) is 23.9. The number of carboxylic acids is 1. The number of aliphatic carboxylic acids is 1. The zero-order chi connectivity index (χ0) is 23.7. The maximum atomic E-state index is 11.3.